The summed E-state index contributed by atoms with van der Waals surface area (Å²) in [5.41, 5.74) is 0.210. The van der Waals surface area contributed by atoms with Crippen LogP contribution in [0.3, 0.4) is 0 Å². The molecule has 104 valence electrons. The second kappa shape index (κ2) is 7.38. The predicted octanol–water partition coefficient (Wildman–Crippen LogP) is 3.52. The number of hydrogen-bond donors (Lipinski definition) is 1. The quantitative estimate of drug-likeness (QED) is 0.735. The van der Waals surface area contributed by atoms with Crippen molar-refractivity contribution in [3.63, 3.8) is 0 Å². The largest absolute Gasteiger partial charge is 0.311 e. The average molecular weight is 242 g/mol. The molecule has 0 aliphatic carbocycles. The van der Waals surface area contributed by atoms with Crippen LogP contribution in [0, 0.1) is 5.92 Å². The zero-order valence-electron chi connectivity index (χ0n) is 13.3. The SMILES string of the molecule is CCCC(C)N(C)C(CNC(C)(C)C)C(C)C. The molecule has 0 saturated carbocycles. The van der Waals surface area contributed by atoms with E-state index in [1.807, 2.05) is 0 Å². The molecule has 0 aliphatic rings. The van der Waals surface area contributed by atoms with E-state index >= 15 is 0 Å². The highest BCUT2D eigenvalue weighted by molar-refractivity contribution is 4.82. The number of nitrogens with zero attached hydrogens (tertiary/aromatic N) is 1. The van der Waals surface area contributed by atoms with Gasteiger partial charge in [0, 0.05) is 24.2 Å². The van der Waals surface area contributed by atoms with Crippen molar-refractivity contribution in [3.8, 4) is 0 Å². The molecule has 0 amide bonds. The van der Waals surface area contributed by atoms with Gasteiger partial charge in [-0.05, 0) is 47.1 Å². The minimum atomic E-state index is 0.210. The number of rotatable bonds is 7. The van der Waals surface area contributed by atoms with Crippen LogP contribution in [0.15, 0.2) is 0 Å². The Bertz CT molecular complexity index is 194. The Morgan fingerprint density at radius 3 is 2.00 bits per heavy atom. The van der Waals surface area contributed by atoms with Crippen LogP contribution >= 0.6 is 0 Å². The molecule has 2 unspecified atom stereocenters. The normalized spacial score (nSPS) is 16.6. The van der Waals surface area contributed by atoms with Gasteiger partial charge in [0.15, 0.2) is 0 Å². The molecule has 0 bridgehead atoms. The fourth-order valence-electron chi connectivity index (χ4n) is 2.21. The molecule has 0 saturated heterocycles. The third-order valence-electron chi connectivity index (χ3n) is 3.54. The van der Waals surface area contributed by atoms with E-state index in [0.717, 1.165) is 6.54 Å². The van der Waals surface area contributed by atoms with Crippen molar-refractivity contribution in [1.29, 1.82) is 0 Å². The molecule has 0 aromatic carbocycles. The molecule has 2 atom stereocenters. The lowest BCUT2D eigenvalue weighted by molar-refractivity contribution is 0.128. The summed E-state index contributed by atoms with van der Waals surface area (Å²) < 4.78 is 0. The summed E-state index contributed by atoms with van der Waals surface area (Å²) >= 11 is 0. The molecule has 0 fully saturated rings. The lowest BCUT2D eigenvalue weighted by Crippen LogP contribution is -2.51. The van der Waals surface area contributed by atoms with E-state index < -0.39 is 0 Å². The maximum atomic E-state index is 3.64. The van der Waals surface area contributed by atoms with Crippen molar-refractivity contribution in [1.82, 2.24) is 10.2 Å². The van der Waals surface area contributed by atoms with Crippen LogP contribution in [0.5, 0.6) is 0 Å². The van der Waals surface area contributed by atoms with Crippen LogP contribution in [-0.4, -0.2) is 36.1 Å². The van der Waals surface area contributed by atoms with E-state index in [2.05, 4.69) is 65.7 Å². The van der Waals surface area contributed by atoms with E-state index in [1.165, 1.54) is 12.8 Å². The van der Waals surface area contributed by atoms with Crippen molar-refractivity contribution < 1.29 is 0 Å². The summed E-state index contributed by atoms with van der Waals surface area (Å²) in [6, 6.07) is 1.30. The van der Waals surface area contributed by atoms with Crippen LogP contribution < -0.4 is 5.32 Å². The van der Waals surface area contributed by atoms with E-state index in [0.29, 0.717) is 18.0 Å². The van der Waals surface area contributed by atoms with Gasteiger partial charge in [-0.1, -0.05) is 27.2 Å². The van der Waals surface area contributed by atoms with E-state index in [-0.39, 0.29) is 5.54 Å². The second-order valence-electron chi connectivity index (χ2n) is 6.75. The van der Waals surface area contributed by atoms with Gasteiger partial charge in [0.1, 0.15) is 0 Å². The van der Waals surface area contributed by atoms with E-state index in [4.69, 9.17) is 0 Å². The van der Waals surface area contributed by atoms with Crippen LogP contribution in [0.2, 0.25) is 0 Å². The van der Waals surface area contributed by atoms with Crippen molar-refractivity contribution in [2.75, 3.05) is 13.6 Å². The monoisotopic (exact) mass is 242 g/mol. The highest BCUT2D eigenvalue weighted by Crippen LogP contribution is 2.15. The fraction of sp³-hybridized carbons (Fsp3) is 1.00. The van der Waals surface area contributed by atoms with Gasteiger partial charge in [0.25, 0.3) is 0 Å². The maximum absolute atomic E-state index is 3.64. The first-order valence-electron chi connectivity index (χ1n) is 7.16. The van der Waals surface area contributed by atoms with Crippen molar-refractivity contribution >= 4 is 0 Å². The third-order valence-corrected chi connectivity index (χ3v) is 3.54. The topological polar surface area (TPSA) is 15.3 Å². The Morgan fingerprint density at radius 1 is 1.12 bits per heavy atom. The van der Waals surface area contributed by atoms with Gasteiger partial charge >= 0.3 is 0 Å². The van der Waals surface area contributed by atoms with E-state index in [9.17, 15) is 0 Å². The summed E-state index contributed by atoms with van der Waals surface area (Å²) in [5.74, 6) is 0.689. The molecule has 0 radical (unpaired) electrons. The molecular formula is C15H34N2. The summed E-state index contributed by atoms with van der Waals surface area (Å²) in [6.07, 6.45) is 2.55. The molecule has 0 aliphatic heterocycles. The van der Waals surface area contributed by atoms with Gasteiger partial charge in [-0.15, -0.1) is 0 Å². The Labute approximate surface area is 109 Å². The average Bonchev–Trinajstić information content (AvgIpc) is 2.15. The maximum Gasteiger partial charge on any atom is 0.0243 e. The zero-order chi connectivity index (χ0) is 13.6. The second-order valence-corrected chi connectivity index (χ2v) is 6.75. The molecule has 2 heteroatoms. The number of hydrogen-bond acceptors (Lipinski definition) is 2. The Hall–Kier alpha value is -0.0800. The first kappa shape index (κ1) is 16.9. The first-order chi connectivity index (χ1) is 7.69. The summed E-state index contributed by atoms with van der Waals surface area (Å²) in [5, 5.41) is 3.64. The summed E-state index contributed by atoms with van der Waals surface area (Å²) in [7, 11) is 2.27. The standard InChI is InChI=1S/C15H34N2/c1-9-10-13(4)17(8)14(12(2)3)11-16-15(5,6)7/h12-14,16H,9-11H2,1-8H3. The van der Waals surface area contributed by atoms with Gasteiger partial charge < -0.3 is 5.32 Å². The third kappa shape index (κ3) is 7.05. The Balaban J connectivity index is 4.41. The minimum absolute atomic E-state index is 0.210. The smallest absolute Gasteiger partial charge is 0.0243 e. The highest BCUT2D eigenvalue weighted by atomic mass is 15.2. The van der Waals surface area contributed by atoms with Gasteiger partial charge in [0.05, 0.1) is 0 Å². The van der Waals surface area contributed by atoms with Crippen molar-refractivity contribution in [2.24, 2.45) is 5.92 Å². The van der Waals surface area contributed by atoms with Gasteiger partial charge in [-0.2, -0.15) is 0 Å². The lowest BCUT2D eigenvalue weighted by Gasteiger charge is -2.37. The summed E-state index contributed by atoms with van der Waals surface area (Å²) in [4.78, 5) is 2.55. The van der Waals surface area contributed by atoms with Gasteiger partial charge in [-0.25, -0.2) is 0 Å². The molecule has 0 aromatic heterocycles. The first-order valence-corrected chi connectivity index (χ1v) is 7.16. The minimum Gasteiger partial charge on any atom is -0.311 e. The highest BCUT2D eigenvalue weighted by Gasteiger charge is 2.23. The summed E-state index contributed by atoms with van der Waals surface area (Å²) in [6.45, 7) is 17.0. The fourth-order valence-corrected chi connectivity index (χ4v) is 2.21. The molecule has 17 heavy (non-hydrogen) atoms. The number of likely N-dealkylation sites (N-methyl/N-ethyl adjacent to an activating group) is 1. The molecule has 0 rings (SSSR count). The molecule has 2 nitrogen and oxygen atoms in total. The van der Waals surface area contributed by atoms with Gasteiger partial charge in [-0.3, -0.25) is 4.90 Å². The van der Waals surface area contributed by atoms with E-state index in [1.54, 1.807) is 0 Å². The van der Waals surface area contributed by atoms with Crippen LogP contribution in [-0.2, 0) is 0 Å². The predicted molar refractivity (Wildman–Crippen MR) is 78.5 cm³/mol. The van der Waals surface area contributed by atoms with Crippen LogP contribution in [0.4, 0.5) is 0 Å². The van der Waals surface area contributed by atoms with Gasteiger partial charge in [0.2, 0.25) is 0 Å². The van der Waals surface area contributed by atoms with Crippen LogP contribution in [0.1, 0.15) is 61.3 Å². The molecule has 0 aromatic rings. The van der Waals surface area contributed by atoms with Crippen LogP contribution in [0.25, 0.3) is 0 Å². The van der Waals surface area contributed by atoms with Crippen molar-refractivity contribution in [3.05, 3.63) is 0 Å². The van der Waals surface area contributed by atoms with Crippen molar-refractivity contribution in [2.45, 2.75) is 78.9 Å². The zero-order valence-corrected chi connectivity index (χ0v) is 13.3. The Kier molecular flexibility index (Phi) is 7.34. The molecule has 0 heterocycles. The Morgan fingerprint density at radius 2 is 1.65 bits per heavy atom. The molecular weight excluding hydrogens is 208 g/mol. The number of nitrogens with one attached hydrogen (secondary N) is 1. The molecule has 0 spiro atoms. The lowest BCUT2D eigenvalue weighted by atomic mass is 9.98. The molecule has 1 N–H and O–H groups in total.